The smallest absolute Gasteiger partial charge is 0.255 e. The Balaban J connectivity index is 2.10. The molecule has 0 spiro atoms. The van der Waals surface area contributed by atoms with Crippen LogP contribution in [0.2, 0.25) is 0 Å². The Bertz CT molecular complexity index is 632. The van der Waals surface area contributed by atoms with E-state index in [2.05, 4.69) is 10.3 Å². The first-order valence-corrected chi connectivity index (χ1v) is 5.93. The third kappa shape index (κ3) is 2.85. The van der Waals surface area contributed by atoms with Crippen LogP contribution in [0.15, 0.2) is 36.5 Å². The average molecular weight is 275 g/mol. The van der Waals surface area contributed by atoms with E-state index in [1.807, 2.05) is 0 Å². The number of methoxy groups -OCH3 is 1. The SMILES string of the molecule is COc1cccc(CNC(=O)c2cccnc2N)c1F. The Morgan fingerprint density at radius 3 is 2.90 bits per heavy atom. The third-order valence-electron chi connectivity index (χ3n) is 2.79. The molecule has 0 bridgehead atoms. The van der Waals surface area contributed by atoms with Gasteiger partial charge in [0.2, 0.25) is 0 Å². The normalized spacial score (nSPS) is 10.1. The van der Waals surface area contributed by atoms with Crippen LogP contribution in [-0.2, 0) is 6.54 Å². The van der Waals surface area contributed by atoms with E-state index < -0.39 is 11.7 Å². The van der Waals surface area contributed by atoms with Crippen molar-refractivity contribution in [3.8, 4) is 5.75 Å². The summed E-state index contributed by atoms with van der Waals surface area (Å²) in [6.45, 7) is 0.0379. The molecule has 5 nitrogen and oxygen atoms in total. The molecule has 104 valence electrons. The van der Waals surface area contributed by atoms with Crippen molar-refractivity contribution in [3.63, 3.8) is 0 Å². The molecule has 0 radical (unpaired) electrons. The number of pyridine rings is 1. The van der Waals surface area contributed by atoms with Gasteiger partial charge >= 0.3 is 0 Å². The minimum atomic E-state index is -0.491. The van der Waals surface area contributed by atoms with Gasteiger partial charge in [0, 0.05) is 18.3 Å². The number of nitrogens with zero attached hydrogens (tertiary/aromatic N) is 1. The van der Waals surface area contributed by atoms with E-state index in [-0.39, 0.29) is 23.7 Å². The fourth-order valence-electron chi connectivity index (χ4n) is 1.73. The van der Waals surface area contributed by atoms with Crippen molar-refractivity contribution in [3.05, 3.63) is 53.5 Å². The number of benzene rings is 1. The van der Waals surface area contributed by atoms with Gasteiger partial charge in [0.05, 0.1) is 12.7 Å². The van der Waals surface area contributed by atoms with Crippen LogP contribution >= 0.6 is 0 Å². The Hall–Kier alpha value is -2.63. The first-order chi connectivity index (χ1) is 9.63. The molecule has 0 saturated carbocycles. The molecule has 0 aliphatic heterocycles. The second-order valence-corrected chi connectivity index (χ2v) is 4.05. The fraction of sp³-hybridized carbons (Fsp3) is 0.143. The molecule has 0 saturated heterocycles. The van der Waals surface area contributed by atoms with E-state index >= 15 is 0 Å². The van der Waals surface area contributed by atoms with Gasteiger partial charge in [-0.1, -0.05) is 12.1 Å². The maximum Gasteiger partial charge on any atom is 0.255 e. The Labute approximate surface area is 115 Å². The zero-order valence-electron chi connectivity index (χ0n) is 10.9. The number of hydrogen-bond acceptors (Lipinski definition) is 4. The van der Waals surface area contributed by atoms with E-state index in [1.54, 1.807) is 24.3 Å². The fourth-order valence-corrected chi connectivity index (χ4v) is 1.73. The van der Waals surface area contributed by atoms with Crippen LogP contribution < -0.4 is 15.8 Å². The lowest BCUT2D eigenvalue weighted by Gasteiger charge is -2.09. The molecule has 1 aromatic heterocycles. The summed E-state index contributed by atoms with van der Waals surface area (Å²) in [6.07, 6.45) is 1.49. The maximum absolute atomic E-state index is 13.9. The molecular formula is C14H14FN3O2. The van der Waals surface area contributed by atoms with Crippen LogP contribution in [0.1, 0.15) is 15.9 Å². The number of rotatable bonds is 4. The van der Waals surface area contributed by atoms with Crippen LogP contribution in [0.3, 0.4) is 0 Å². The van der Waals surface area contributed by atoms with E-state index in [0.717, 1.165) is 0 Å². The van der Waals surface area contributed by atoms with Crippen LogP contribution in [0, 0.1) is 5.82 Å². The van der Waals surface area contributed by atoms with Gasteiger partial charge in [-0.2, -0.15) is 0 Å². The molecular weight excluding hydrogens is 261 g/mol. The number of hydrogen-bond donors (Lipinski definition) is 2. The monoisotopic (exact) mass is 275 g/mol. The molecule has 0 aliphatic carbocycles. The predicted octanol–water partition coefficient (Wildman–Crippen LogP) is 1.74. The number of nitrogens with two attached hydrogens (primary N) is 1. The number of carbonyl (C=O) groups excluding carboxylic acids is 1. The highest BCUT2D eigenvalue weighted by Gasteiger charge is 2.12. The largest absolute Gasteiger partial charge is 0.494 e. The number of halogens is 1. The van der Waals surface area contributed by atoms with Crippen molar-refractivity contribution in [2.24, 2.45) is 0 Å². The number of aromatic nitrogens is 1. The lowest BCUT2D eigenvalue weighted by atomic mass is 10.2. The van der Waals surface area contributed by atoms with Crippen molar-refractivity contribution in [1.29, 1.82) is 0 Å². The Kier molecular flexibility index (Phi) is 4.14. The number of anilines is 1. The van der Waals surface area contributed by atoms with Gasteiger partial charge in [0.15, 0.2) is 11.6 Å². The van der Waals surface area contributed by atoms with Gasteiger partial charge in [-0.3, -0.25) is 4.79 Å². The second-order valence-electron chi connectivity index (χ2n) is 4.05. The number of ether oxygens (including phenoxy) is 1. The van der Waals surface area contributed by atoms with Crippen LogP contribution in [-0.4, -0.2) is 18.0 Å². The summed E-state index contributed by atoms with van der Waals surface area (Å²) in [5, 5.41) is 2.59. The van der Waals surface area contributed by atoms with Crippen molar-refractivity contribution < 1.29 is 13.9 Å². The maximum atomic E-state index is 13.9. The minimum Gasteiger partial charge on any atom is -0.494 e. The first-order valence-electron chi connectivity index (χ1n) is 5.93. The van der Waals surface area contributed by atoms with Gasteiger partial charge in [0.25, 0.3) is 5.91 Å². The van der Waals surface area contributed by atoms with E-state index in [0.29, 0.717) is 5.56 Å². The van der Waals surface area contributed by atoms with E-state index in [4.69, 9.17) is 10.5 Å². The molecule has 20 heavy (non-hydrogen) atoms. The van der Waals surface area contributed by atoms with E-state index in [1.165, 1.54) is 19.4 Å². The molecule has 0 aliphatic rings. The molecule has 1 aromatic carbocycles. The molecule has 3 N–H and O–H groups in total. The molecule has 2 rings (SSSR count). The quantitative estimate of drug-likeness (QED) is 0.891. The number of carbonyl (C=O) groups is 1. The molecule has 1 amide bonds. The molecule has 2 aromatic rings. The summed E-state index contributed by atoms with van der Waals surface area (Å²) < 4.78 is 18.8. The zero-order valence-corrected chi connectivity index (χ0v) is 10.9. The molecule has 0 atom stereocenters. The predicted molar refractivity (Wildman–Crippen MR) is 72.8 cm³/mol. The van der Waals surface area contributed by atoms with Gasteiger partial charge in [-0.25, -0.2) is 9.37 Å². The molecule has 0 unspecified atom stereocenters. The zero-order chi connectivity index (χ0) is 14.5. The highest BCUT2D eigenvalue weighted by Crippen LogP contribution is 2.19. The van der Waals surface area contributed by atoms with Crippen LogP contribution in [0.5, 0.6) is 5.75 Å². The first kappa shape index (κ1) is 13.8. The summed E-state index contributed by atoms with van der Waals surface area (Å²) in [5.74, 6) is -0.624. The van der Waals surface area contributed by atoms with Gasteiger partial charge in [0.1, 0.15) is 5.82 Å². The van der Waals surface area contributed by atoms with Gasteiger partial charge < -0.3 is 15.8 Å². The topological polar surface area (TPSA) is 77.2 Å². The molecule has 0 fully saturated rings. The van der Waals surface area contributed by atoms with Crippen molar-refractivity contribution in [2.45, 2.75) is 6.54 Å². The second kappa shape index (κ2) is 6.01. The number of amides is 1. The van der Waals surface area contributed by atoms with Gasteiger partial charge in [-0.05, 0) is 18.2 Å². The highest BCUT2D eigenvalue weighted by atomic mass is 19.1. The highest BCUT2D eigenvalue weighted by molar-refractivity contribution is 5.98. The number of nitrogen functional groups attached to an aromatic ring is 1. The Morgan fingerprint density at radius 2 is 2.20 bits per heavy atom. The standard InChI is InChI=1S/C14H14FN3O2/c1-20-11-6-2-4-9(12(11)15)8-18-14(19)10-5-3-7-17-13(10)16/h2-7H,8H2,1H3,(H2,16,17)(H,18,19). The minimum absolute atomic E-state index is 0.0379. The van der Waals surface area contributed by atoms with Crippen LogP contribution in [0.4, 0.5) is 10.2 Å². The van der Waals surface area contributed by atoms with Crippen molar-refractivity contribution in [2.75, 3.05) is 12.8 Å². The average Bonchev–Trinajstić information content (AvgIpc) is 2.46. The van der Waals surface area contributed by atoms with Crippen molar-refractivity contribution in [1.82, 2.24) is 10.3 Å². The lowest BCUT2D eigenvalue weighted by molar-refractivity contribution is 0.0951. The summed E-state index contributed by atoms with van der Waals surface area (Å²) in [7, 11) is 1.39. The summed E-state index contributed by atoms with van der Waals surface area (Å²) in [4.78, 5) is 15.7. The molecule has 1 heterocycles. The van der Waals surface area contributed by atoms with Crippen LogP contribution in [0.25, 0.3) is 0 Å². The summed E-state index contributed by atoms with van der Waals surface area (Å²) in [6, 6.07) is 7.91. The van der Waals surface area contributed by atoms with Gasteiger partial charge in [-0.15, -0.1) is 0 Å². The lowest BCUT2D eigenvalue weighted by Crippen LogP contribution is -2.24. The van der Waals surface area contributed by atoms with E-state index in [9.17, 15) is 9.18 Å². The summed E-state index contributed by atoms with van der Waals surface area (Å²) in [5.41, 5.74) is 6.19. The van der Waals surface area contributed by atoms with Crippen molar-refractivity contribution >= 4 is 11.7 Å². The Morgan fingerprint density at radius 1 is 1.40 bits per heavy atom. The summed E-state index contributed by atoms with van der Waals surface area (Å²) >= 11 is 0. The molecule has 6 heteroatoms. The third-order valence-corrected chi connectivity index (χ3v) is 2.79. The number of nitrogens with one attached hydrogen (secondary N) is 1.